The Morgan fingerprint density at radius 1 is 0.971 bits per heavy atom. The molecule has 1 atom stereocenters. The summed E-state index contributed by atoms with van der Waals surface area (Å²) in [4.78, 5) is 28.0. The number of carbonyl (C=O) groups excluding carboxylic acids is 2. The third-order valence-electron chi connectivity index (χ3n) is 5.71. The third kappa shape index (κ3) is 4.42. The van der Waals surface area contributed by atoms with Gasteiger partial charge in [-0.1, -0.05) is 41.9 Å². The molecule has 0 spiro atoms. The molecule has 3 aromatic carbocycles. The monoisotopic (exact) mass is 493 g/mol. The maximum absolute atomic E-state index is 13.3. The van der Waals surface area contributed by atoms with Crippen molar-refractivity contribution in [2.45, 2.75) is 13.0 Å². The Labute approximate surface area is 208 Å². The molecule has 0 bridgehead atoms. The van der Waals surface area contributed by atoms with Gasteiger partial charge in [0.15, 0.2) is 0 Å². The van der Waals surface area contributed by atoms with E-state index in [0.29, 0.717) is 29.4 Å². The first-order valence-corrected chi connectivity index (χ1v) is 11.3. The molecular weight excluding hydrogens is 470 g/mol. The molecule has 0 aliphatic carbocycles. The van der Waals surface area contributed by atoms with Crippen LogP contribution in [0.5, 0.6) is 17.2 Å². The molecule has 1 unspecified atom stereocenters. The lowest BCUT2D eigenvalue weighted by Crippen LogP contribution is -2.29. The summed E-state index contributed by atoms with van der Waals surface area (Å²) in [6.07, 6.45) is 0. The molecule has 3 aromatic rings. The van der Waals surface area contributed by atoms with Crippen molar-refractivity contribution in [3.63, 3.8) is 0 Å². The predicted molar refractivity (Wildman–Crippen MR) is 133 cm³/mol. The minimum absolute atomic E-state index is 0.0810. The smallest absolute Gasteiger partial charge is 0.300 e. The number of anilines is 1. The van der Waals surface area contributed by atoms with Crippen molar-refractivity contribution in [3.8, 4) is 17.2 Å². The van der Waals surface area contributed by atoms with Gasteiger partial charge < -0.3 is 19.3 Å². The summed E-state index contributed by atoms with van der Waals surface area (Å²) in [6, 6.07) is 17.9. The van der Waals surface area contributed by atoms with Gasteiger partial charge >= 0.3 is 0 Å². The molecule has 35 heavy (non-hydrogen) atoms. The molecule has 1 saturated heterocycles. The molecule has 1 aliphatic heterocycles. The van der Waals surface area contributed by atoms with E-state index in [9.17, 15) is 14.7 Å². The fourth-order valence-corrected chi connectivity index (χ4v) is 4.35. The summed E-state index contributed by atoms with van der Waals surface area (Å²) in [5, 5.41) is 11.6. The van der Waals surface area contributed by atoms with E-state index in [2.05, 4.69) is 0 Å². The zero-order valence-corrected chi connectivity index (χ0v) is 20.2. The molecule has 4 rings (SSSR count). The topological polar surface area (TPSA) is 85.3 Å². The summed E-state index contributed by atoms with van der Waals surface area (Å²) in [5.74, 6) is -0.749. The fourth-order valence-electron chi connectivity index (χ4n) is 4.11. The second-order valence-electron chi connectivity index (χ2n) is 7.69. The molecule has 1 fully saturated rings. The van der Waals surface area contributed by atoms with E-state index in [0.717, 1.165) is 0 Å². The highest BCUT2D eigenvalue weighted by Crippen LogP contribution is 2.44. The third-order valence-corrected chi connectivity index (χ3v) is 6.01. The molecule has 1 amide bonds. The van der Waals surface area contributed by atoms with Crippen molar-refractivity contribution in [2.24, 2.45) is 0 Å². The van der Waals surface area contributed by atoms with Gasteiger partial charge in [0, 0.05) is 11.8 Å². The van der Waals surface area contributed by atoms with E-state index >= 15 is 0 Å². The van der Waals surface area contributed by atoms with Gasteiger partial charge in [-0.2, -0.15) is 0 Å². The highest BCUT2D eigenvalue weighted by Gasteiger charge is 2.47. The van der Waals surface area contributed by atoms with Gasteiger partial charge in [-0.15, -0.1) is 0 Å². The zero-order valence-electron chi connectivity index (χ0n) is 19.4. The number of hydrogen-bond donors (Lipinski definition) is 1. The van der Waals surface area contributed by atoms with E-state index in [-0.39, 0.29) is 21.9 Å². The Kier molecular flexibility index (Phi) is 6.98. The van der Waals surface area contributed by atoms with Crippen LogP contribution in [0.25, 0.3) is 5.76 Å². The minimum atomic E-state index is -0.890. The number of halogens is 1. The number of rotatable bonds is 7. The number of para-hydroxylation sites is 1. The average molecular weight is 494 g/mol. The lowest BCUT2D eigenvalue weighted by molar-refractivity contribution is -0.132. The first kappa shape index (κ1) is 24.2. The van der Waals surface area contributed by atoms with E-state index in [1.165, 1.54) is 31.3 Å². The highest BCUT2D eigenvalue weighted by atomic mass is 35.5. The maximum atomic E-state index is 13.3. The van der Waals surface area contributed by atoms with Crippen molar-refractivity contribution >= 4 is 34.7 Å². The van der Waals surface area contributed by atoms with Crippen LogP contribution in [0, 0.1) is 0 Å². The normalized spacial score (nSPS) is 16.9. The zero-order chi connectivity index (χ0) is 25.1. The van der Waals surface area contributed by atoms with E-state index < -0.39 is 23.5 Å². The number of carbonyl (C=O) groups is 2. The number of Topliss-reactive ketones (excluding diaryl/α,β-unsaturated/α-hetero) is 1. The van der Waals surface area contributed by atoms with Crippen molar-refractivity contribution in [3.05, 3.63) is 88.5 Å². The number of benzene rings is 3. The summed E-state index contributed by atoms with van der Waals surface area (Å²) in [7, 11) is 2.88. The molecule has 1 aliphatic rings. The van der Waals surface area contributed by atoms with Crippen molar-refractivity contribution in [2.75, 3.05) is 25.7 Å². The Bertz CT molecular complexity index is 1290. The number of aliphatic hydroxyl groups excluding tert-OH is 1. The van der Waals surface area contributed by atoms with Crippen molar-refractivity contribution in [1.82, 2.24) is 0 Å². The van der Waals surface area contributed by atoms with Gasteiger partial charge in [0.05, 0.1) is 43.0 Å². The second-order valence-corrected chi connectivity index (χ2v) is 8.10. The van der Waals surface area contributed by atoms with Crippen LogP contribution in [-0.2, 0) is 9.59 Å². The Balaban J connectivity index is 1.95. The number of amides is 1. The summed E-state index contributed by atoms with van der Waals surface area (Å²) in [6.45, 7) is 2.38. The lowest BCUT2D eigenvalue weighted by Gasteiger charge is -2.25. The van der Waals surface area contributed by atoms with Crippen LogP contribution in [0.3, 0.4) is 0 Å². The minimum Gasteiger partial charge on any atom is -0.507 e. The van der Waals surface area contributed by atoms with Crippen molar-refractivity contribution < 1.29 is 28.9 Å². The summed E-state index contributed by atoms with van der Waals surface area (Å²) in [5.41, 5.74) is 1.23. The molecule has 8 heteroatoms. The van der Waals surface area contributed by atoms with Crippen LogP contribution < -0.4 is 19.1 Å². The maximum Gasteiger partial charge on any atom is 0.300 e. The molecule has 0 radical (unpaired) electrons. The molecule has 0 aromatic heterocycles. The largest absolute Gasteiger partial charge is 0.507 e. The van der Waals surface area contributed by atoms with Crippen LogP contribution in [0.4, 0.5) is 5.69 Å². The number of aliphatic hydroxyl groups is 1. The molecule has 0 saturated carbocycles. The van der Waals surface area contributed by atoms with Gasteiger partial charge in [-0.25, -0.2) is 0 Å². The molecule has 1 heterocycles. The summed E-state index contributed by atoms with van der Waals surface area (Å²) < 4.78 is 16.2. The van der Waals surface area contributed by atoms with E-state index in [1.54, 1.807) is 48.5 Å². The van der Waals surface area contributed by atoms with Crippen LogP contribution >= 0.6 is 11.6 Å². The van der Waals surface area contributed by atoms with Gasteiger partial charge in [0.1, 0.15) is 23.0 Å². The fraction of sp³-hybridized carbons (Fsp3) is 0.185. The van der Waals surface area contributed by atoms with Crippen LogP contribution in [0.2, 0.25) is 5.02 Å². The second kappa shape index (κ2) is 10.1. The molecule has 180 valence electrons. The Morgan fingerprint density at radius 2 is 1.63 bits per heavy atom. The quantitative estimate of drug-likeness (QED) is 0.270. The van der Waals surface area contributed by atoms with Crippen LogP contribution in [-0.4, -0.2) is 37.6 Å². The first-order chi connectivity index (χ1) is 16.9. The van der Waals surface area contributed by atoms with Crippen LogP contribution in [0.1, 0.15) is 24.1 Å². The van der Waals surface area contributed by atoms with Crippen molar-refractivity contribution in [1.29, 1.82) is 0 Å². The van der Waals surface area contributed by atoms with Gasteiger partial charge in [-0.05, 0) is 42.8 Å². The predicted octanol–water partition coefficient (Wildman–Crippen LogP) is 5.38. The van der Waals surface area contributed by atoms with Crippen LogP contribution in [0.15, 0.2) is 72.3 Å². The SMILES string of the molecule is CCOc1ccc(C2/C(=C(\O)c3cc(Cl)c(OC)cc3OC)C(=O)C(=O)N2c2ccccc2)cc1. The molecular formula is C27H24ClNO6. The summed E-state index contributed by atoms with van der Waals surface area (Å²) >= 11 is 6.31. The van der Waals surface area contributed by atoms with E-state index in [1.807, 2.05) is 13.0 Å². The number of nitrogens with zero attached hydrogens (tertiary/aromatic N) is 1. The number of ether oxygens (including phenoxy) is 3. The first-order valence-electron chi connectivity index (χ1n) is 10.9. The Hall–Kier alpha value is -3.97. The number of hydrogen-bond acceptors (Lipinski definition) is 6. The van der Waals surface area contributed by atoms with Gasteiger partial charge in [0.2, 0.25) is 0 Å². The van der Waals surface area contributed by atoms with Gasteiger partial charge in [-0.3, -0.25) is 14.5 Å². The lowest BCUT2D eigenvalue weighted by atomic mass is 9.94. The number of methoxy groups -OCH3 is 2. The Morgan fingerprint density at radius 3 is 2.23 bits per heavy atom. The van der Waals surface area contributed by atoms with E-state index in [4.69, 9.17) is 25.8 Å². The van der Waals surface area contributed by atoms with Gasteiger partial charge in [0.25, 0.3) is 11.7 Å². The standard InChI is InChI=1S/C27H24ClNO6/c1-4-35-18-12-10-16(11-13-18)24-23(26(31)27(32)29(24)17-8-6-5-7-9-17)25(30)19-14-20(28)22(34-3)15-21(19)33-2/h5-15,24,30H,4H2,1-3H3/b25-23+. The average Bonchev–Trinajstić information content (AvgIpc) is 3.14. The molecule has 1 N–H and O–H groups in total. The highest BCUT2D eigenvalue weighted by molar-refractivity contribution is 6.51. The molecule has 7 nitrogen and oxygen atoms in total. The number of ketones is 1.